The van der Waals surface area contributed by atoms with E-state index < -0.39 is 12.0 Å². The summed E-state index contributed by atoms with van der Waals surface area (Å²) in [6.45, 7) is 3.86. The number of methoxy groups -OCH3 is 1. The number of rotatable bonds is 5. The average Bonchev–Trinajstić information content (AvgIpc) is 2.83. The van der Waals surface area contributed by atoms with Gasteiger partial charge in [-0.3, -0.25) is 4.79 Å². The molecular weight excluding hydrogens is 272 g/mol. The number of hydrogen-bond donors (Lipinski definition) is 2. The van der Waals surface area contributed by atoms with Crippen LogP contribution < -0.4 is 11.1 Å². The molecule has 1 unspecified atom stereocenters. The van der Waals surface area contributed by atoms with Crippen molar-refractivity contribution in [1.29, 1.82) is 0 Å². The Morgan fingerprint density at radius 3 is 2.53 bits per heavy atom. The van der Waals surface area contributed by atoms with Crippen LogP contribution in [0.5, 0.6) is 0 Å². The molecule has 0 saturated heterocycles. The van der Waals surface area contributed by atoms with E-state index in [1.165, 1.54) is 13.4 Å². The summed E-state index contributed by atoms with van der Waals surface area (Å²) in [4.78, 5) is 23.4. The Balaban J connectivity index is 0.00000324. The Hall–Kier alpha value is -1.53. The van der Waals surface area contributed by atoms with E-state index in [0.717, 1.165) is 0 Å². The second-order valence-electron chi connectivity index (χ2n) is 4.22. The third-order valence-electron chi connectivity index (χ3n) is 2.53. The number of halogens is 1. The number of nitrogens with one attached hydrogen (secondary N) is 1. The molecule has 1 atom stereocenters. The van der Waals surface area contributed by atoms with Gasteiger partial charge in [0, 0.05) is 0 Å². The predicted octanol–water partition coefficient (Wildman–Crippen LogP) is 1.09. The molecule has 0 spiro atoms. The molecular formula is C12H19ClN2O4. The van der Waals surface area contributed by atoms with Gasteiger partial charge in [-0.05, 0) is 12.0 Å². The first-order valence-electron chi connectivity index (χ1n) is 5.65. The normalized spacial score (nSPS) is 11.6. The third-order valence-corrected chi connectivity index (χ3v) is 2.53. The summed E-state index contributed by atoms with van der Waals surface area (Å²) in [6.07, 6.45) is 1.31. The molecule has 1 aromatic heterocycles. The van der Waals surface area contributed by atoms with Crippen molar-refractivity contribution < 1.29 is 18.7 Å². The molecule has 0 radical (unpaired) electrons. The van der Waals surface area contributed by atoms with Crippen LogP contribution in [0.2, 0.25) is 0 Å². The van der Waals surface area contributed by atoms with E-state index in [1.807, 2.05) is 13.8 Å². The van der Waals surface area contributed by atoms with Crippen molar-refractivity contribution in [2.45, 2.75) is 26.4 Å². The van der Waals surface area contributed by atoms with Gasteiger partial charge in [-0.25, -0.2) is 4.79 Å². The van der Waals surface area contributed by atoms with Gasteiger partial charge < -0.3 is 20.2 Å². The molecule has 1 aromatic rings. The Labute approximate surface area is 118 Å². The maximum Gasteiger partial charge on any atom is 0.328 e. The van der Waals surface area contributed by atoms with Crippen LogP contribution in [0, 0.1) is 5.92 Å². The van der Waals surface area contributed by atoms with Crippen LogP contribution in [0.4, 0.5) is 0 Å². The number of ether oxygens (including phenoxy) is 1. The molecule has 1 rings (SSSR count). The summed E-state index contributed by atoms with van der Waals surface area (Å²) in [7, 11) is 1.29. The van der Waals surface area contributed by atoms with Crippen molar-refractivity contribution in [2.75, 3.05) is 7.11 Å². The van der Waals surface area contributed by atoms with Gasteiger partial charge in [0.1, 0.15) is 18.1 Å². The van der Waals surface area contributed by atoms with E-state index in [0.29, 0.717) is 11.3 Å². The molecule has 19 heavy (non-hydrogen) atoms. The first-order valence-corrected chi connectivity index (χ1v) is 5.65. The minimum absolute atomic E-state index is 0. The van der Waals surface area contributed by atoms with Gasteiger partial charge in [0.05, 0.1) is 19.2 Å². The lowest BCUT2D eigenvalue weighted by Crippen LogP contribution is -2.44. The van der Waals surface area contributed by atoms with Crippen LogP contribution in [-0.2, 0) is 16.1 Å². The molecule has 108 valence electrons. The van der Waals surface area contributed by atoms with Crippen LogP contribution in [-0.4, -0.2) is 25.0 Å². The van der Waals surface area contributed by atoms with E-state index in [9.17, 15) is 9.59 Å². The summed E-state index contributed by atoms with van der Waals surface area (Å²) in [5, 5.41) is 2.61. The van der Waals surface area contributed by atoms with Crippen LogP contribution >= 0.6 is 12.4 Å². The highest BCUT2D eigenvalue weighted by molar-refractivity contribution is 5.96. The quantitative estimate of drug-likeness (QED) is 0.792. The summed E-state index contributed by atoms with van der Waals surface area (Å²) in [6, 6.07) is 0.864. The first-order chi connectivity index (χ1) is 8.49. The molecule has 0 aliphatic rings. The van der Waals surface area contributed by atoms with Gasteiger partial charge in [0.2, 0.25) is 0 Å². The van der Waals surface area contributed by atoms with Crippen molar-refractivity contribution in [3.63, 3.8) is 0 Å². The minimum atomic E-state index is -0.682. The molecule has 0 saturated carbocycles. The van der Waals surface area contributed by atoms with Crippen molar-refractivity contribution in [3.8, 4) is 0 Å². The van der Waals surface area contributed by atoms with Crippen molar-refractivity contribution in [1.82, 2.24) is 5.32 Å². The summed E-state index contributed by atoms with van der Waals surface area (Å²) in [5.74, 6) is -0.412. The maximum atomic E-state index is 11.9. The molecule has 0 aliphatic carbocycles. The fraction of sp³-hybridized carbons (Fsp3) is 0.500. The fourth-order valence-electron chi connectivity index (χ4n) is 1.46. The SMILES string of the molecule is COC(=O)C(NC(=O)c1coc(CN)c1)C(C)C.Cl. The molecule has 1 heterocycles. The minimum Gasteiger partial charge on any atom is -0.467 e. The number of furan rings is 1. The number of nitrogens with two attached hydrogens (primary N) is 1. The second-order valence-corrected chi connectivity index (χ2v) is 4.22. The smallest absolute Gasteiger partial charge is 0.328 e. The maximum absolute atomic E-state index is 11.9. The number of hydrogen-bond acceptors (Lipinski definition) is 5. The second kappa shape index (κ2) is 7.81. The summed E-state index contributed by atoms with van der Waals surface area (Å²) >= 11 is 0. The Morgan fingerprint density at radius 2 is 2.11 bits per heavy atom. The number of carbonyl (C=O) groups is 2. The van der Waals surface area contributed by atoms with E-state index in [4.69, 9.17) is 10.2 Å². The molecule has 3 N–H and O–H groups in total. The average molecular weight is 291 g/mol. The van der Waals surface area contributed by atoms with Crippen LogP contribution in [0.1, 0.15) is 30.0 Å². The van der Waals surface area contributed by atoms with E-state index in [2.05, 4.69) is 10.1 Å². The van der Waals surface area contributed by atoms with E-state index in [-0.39, 0.29) is 30.8 Å². The molecule has 0 fully saturated rings. The fourth-order valence-corrected chi connectivity index (χ4v) is 1.46. The summed E-state index contributed by atoms with van der Waals surface area (Å²) in [5.41, 5.74) is 5.72. The summed E-state index contributed by atoms with van der Waals surface area (Å²) < 4.78 is 9.70. The topological polar surface area (TPSA) is 94.6 Å². The molecule has 6 nitrogen and oxygen atoms in total. The molecule has 0 bridgehead atoms. The van der Waals surface area contributed by atoms with Gasteiger partial charge in [0.25, 0.3) is 5.91 Å². The zero-order chi connectivity index (χ0) is 13.7. The molecule has 0 aromatic carbocycles. The number of esters is 1. The third kappa shape index (κ3) is 4.57. The number of carbonyl (C=O) groups excluding carboxylic acids is 2. The van der Waals surface area contributed by atoms with Crippen molar-refractivity contribution >= 4 is 24.3 Å². The highest BCUT2D eigenvalue weighted by Crippen LogP contribution is 2.09. The monoisotopic (exact) mass is 290 g/mol. The lowest BCUT2D eigenvalue weighted by molar-refractivity contribution is -0.144. The zero-order valence-electron chi connectivity index (χ0n) is 11.1. The Morgan fingerprint density at radius 1 is 1.47 bits per heavy atom. The van der Waals surface area contributed by atoms with Gasteiger partial charge in [-0.15, -0.1) is 12.4 Å². The zero-order valence-corrected chi connectivity index (χ0v) is 12.0. The number of amides is 1. The molecule has 7 heteroatoms. The van der Waals surface area contributed by atoms with Gasteiger partial charge >= 0.3 is 5.97 Å². The van der Waals surface area contributed by atoms with E-state index in [1.54, 1.807) is 6.07 Å². The van der Waals surface area contributed by atoms with Crippen LogP contribution in [0.3, 0.4) is 0 Å². The standard InChI is InChI=1S/C12H18N2O4.ClH/c1-7(2)10(12(16)17-3)14-11(15)8-4-9(5-13)18-6-8;/h4,6-7,10H,5,13H2,1-3H3,(H,14,15);1H. The van der Waals surface area contributed by atoms with Gasteiger partial charge in [0.15, 0.2) is 0 Å². The lowest BCUT2D eigenvalue weighted by Gasteiger charge is -2.19. The van der Waals surface area contributed by atoms with Gasteiger partial charge in [-0.1, -0.05) is 13.8 Å². The van der Waals surface area contributed by atoms with Crippen LogP contribution in [0.25, 0.3) is 0 Å². The van der Waals surface area contributed by atoms with E-state index >= 15 is 0 Å². The Kier molecular flexibility index (Phi) is 7.18. The van der Waals surface area contributed by atoms with Crippen molar-refractivity contribution in [3.05, 3.63) is 23.7 Å². The molecule has 0 aliphatic heterocycles. The van der Waals surface area contributed by atoms with Crippen LogP contribution in [0.15, 0.2) is 16.7 Å². The van der Waals surface area contributed by atoms with Crippen molar-refractivity contribution in [2.24, 2.45) is 11.7 Å². The molecule has 1 amide bonds. The van der Waals surface area contributed by atoms with Gasteiger partial charge in [-0.2, -0.15) is 0 Å². The lowest BCUT2D eigenvalue weighted by atomic mass is 10.0. The predicted molar refractivity (Wildman–Crippen MR) is 72.0 cm³/mol. The first kappa shape index (κ1) is 17.5. The Bertz CT molecular complexity index is 431. The largest absolute Gasteiger partial charge is 0.467 e. The highest BCUT2D eigenvalue weighted by Gasteiger charge is 2.25. The highest BCUT2D eigenvalue weighted by atomic mass is 35.5.